The van der Waals surface area contributed by atoms with Gasteiger partial charge in [-0.15, -0.1) is 0 Å². The number of anilines is 1. The average Bonchev–Trinajstić information content (AvgIpc) is 2.61. The summed E-state index contributed by atoms with van der Waals surface area (Å²) in [4.78, 5) is 12.6. The van der Waals surface area contributed by atoms with E-state index in [9.17, 15) is 13.2 Å². The van der Waals surface area contributed by atoms with E-state index in [0.717, 1.165) is 19.3 Å². The van der Waals surface area contributed by atoms with Crippen molar-refractivity contribution in [3.05, 3.63) is 58.1 Å². The molecule has 1 heterocycles. The lowest BCUT2D eigenvalue weighted by Gasteiger charge is -2.26. The molecule has 0 atom stereocenters. The van der Waals surface area contributed by atoms with E-state index in [1.807, 2.05) is 0 Å². The zero-order valence-electron chi connectivity index (χ0n) is 13.9. The molecule has 2 aromatic rings. The lowest BCUT2D eigenvalue weighted by molar-refractivity contribution is 0.102. The highest BCUT2D eigenvalue weighted by atomic mass is 35.5. The third kappa shape index (κ3) is 4.38. The van der Waals surface area contributed by atoms with Crippen LogP contribution in [-0.2, 0) is 10.0 Å². The number of sulfonamides is 1. The molecule has 0 unspecified atom stereocenters. The minimum Gasteiger partial charge on any atom is -0.322 e. The normalized spacial score (nSPS) is 15.6. The summed E-state index contributed by atoms with van der Waals surface area (Å²) in [5.74, 6) is -0.431. The number of amides is 1. The number of piperidine rings is 1. The molecule has 0 aliphatic carbocycles. The van der Waals surface area contributed by atoms with Crippen LogP contribution < -0.4 is 5.32 Å². The van der Waals surface area contributed by atoms with Gasteiger partial charge in [-0.25, -0.2) is 8.42 Å². The highest BCUT2D eigenvalue weighted by Crippen LogP contribution is 2.24. The SMILES string of the molecule is O=C(Nc1cc(Cl)cc(Cl)c1)c1cccc(S(=O)(=O)N2CCCCC2)c1. The first kappa shape index (κ1) is 19.2. The minimum atomic E-state index is -3.59. The van der Waals surface area contributed by atoms with E-state index in [4.69, 9.17) is 23.2 Å². The molecule has 3 rings (SSSR count). The molecule has 0 aromatic heterocycles. The molecule has 1 N–H and O–H groups in total. The van der Waals surface area contributed by atoms with Crippen molar-refractivity contribution in [3.8, 4) is 0 Å². The summed E-state index contributed by atoms with van der Waals surface area (Å²) in [5, 5.41) is 3.48. The summed E-state index contributed by atoms with van der Waals surface area (Å²) >= 11 is 11.9. The summed E-state index contributed by atoms with van der Waals surface area (Å²) in [7, 11) is -3.59. The zero-order valence-corrected chi connectivity index (χ0v) is 16.2. The summed E-state index contributed by atoms with van der Waals surface area (Å²) in [5.41, 5.74) is 0.691. The zero-order chi connectivity index (χ0) is 18.7. The molecule has 1 saturated heterocycles. The fraction of sp³-hybridized carbons (Fsp3) is 0.278. The van der Waals surface area contributed by atoms with Crippen molar-refractivity contribution in [1.29, 1.82) is 0 Å². The lowest BCUT2D eigenvalue weighted by Crippen LogP contribution is -2.35. The number of carbonyl (C=O) groups excluding carboxylic acids is 1. The maximum atomic E-state index is 12.8. The first-order chi connectivity index (χ1) is 12.4. The van der Waals surface area contributed by atoms with Gasteiger partial charge in [0.1, 0.15) is 0 Å². The van der Waals surface area contributed by atoms with Gasteiger partial charge < -0.3 is 5.32 Å². The minimum absolute atomic E-state index is 0.121. The van der Waals surface area contributed by atoms with E-state index in [-0.39, 0.29) is 10.5 Å². The van der Waals surface area contributed by atoms with Gasteiger partial charge in [0.2, 0.25) is 10.0 Å². The third-order valence-electron chi connectivity index (χ3n) is 4.17. The highest BCUT2D eigenvalue weighted by molar-refractivity contribution is 7.89. The maximum Gasteiger partial charge on any atom is 0.255 e. The molecular weight excluding hydrogens is 395 g/mol. The van der Waals surface area contributed by atoms with Gasteiger partial charge in [-0.3, -0.25) is 4.79 Å². The molecule has 138 valence electrons. The Morgan fingerprint density at radius 3 is 2.27 bits per heavy atom. The second kappa shape index (κ2) is 7.96. The molecule has 2 aromatic carbocycles. The van der Waals surface area contributed by atoms with Crippen molar-refractivity contribution in [2.24, 2.45) is 0 Å². The highest BCUT2D eigenvalue weighted by Gasteiger charge is 2.26. The predicted octanol–water partition coefficient (Wildman–Crippen LogP) is 4.42. The number of hydrogen-bond donors (Lipinski definition) is 1. The van der Waals surface area contributed by atoms with Gasteiger partial charge in [0.25, 0.3) is 5.91 Å². The van der Waals surface area contributed by atoms with Crippen LogP contribution in [0.2, 0.25) is 10.0 Å². The van der Waals surface area contributed by atoms with Gasteiger partial charge in [0.05, 0.1) is 4.90 Å². The van der Waals surface area contributed by atoms with Gasteiger partial charge in [-0.05, 0) is 49.2 Å². The smallest absolute Gasteiger partial charge is 0.255 e. The number of benzene rings is 2. The molecule has 5 nitrogen and oxygen atoms in total. The summed E-state index contributed by atoms with van der Waals surface area (Å²) in [6.45, 7) is 1.03. The van der Waals surface area contributed by atoms with Crippen molar-refractivity contribution < 1.29 is 13.2 Å². The monoisotopic (exact) mass is 412 g/mol. The Labute approximate surface area is 163 Å². The van der Waals surface area contributed by atoms with Crippen molar-refractivity contribution in [2.45, 2.75) is 24.2 Å². The third-order valence-corrected chi connectivity index (χ3v) is 6.50. The van der Waals surface area contributed by atoms with Gasteiger partial charge in [-0.2, -0.15) is 4.31 Å². The second-order valence-corrected chi connectivity index (χ2v) is 8.92. The largest absolute Gasteiger partial charge is 0.322 e. The van der Waals surface area contributed by atoms with Crippen LogP contribution in [0.3, 0.4) is 0 Å². The number of nitrogens with one attached hydrogen (secondary N) is 1. The molecule has 1 fully saturated rings. The Bertz CT molecular complexity index is 906. The second-order valence-electron chi connectivity index (χ2n) is 6.10. The fourth-order valence-electron chi connectivity index (χ4n) is 2.88. The summed E-state index contributed by atoms with van der Waals surface area (Å²) < 4.78 is 27.0. The predicted molar refractivity (Wildman–Crippen MR) is 103 cm³/mol. The molecule has 0 radical (unpaired) electrons. The van der Waals surface area contributed by atoms with E-state index >= 15 is 0 Å². The number of carbonyl (C=O) groups is 1. The molecular formula is C18H18Cl2N2O3S. The van der Waals surface area contributed by atoms with Gasteiger partial charge >= 0.3 is 0 Å². The van der Waals surface area contributed by atoms with E-state index in [1.165, 1.54) is 16.4 Å². The Hall–Kier alpha value is -1.60. The van der Waals surface area contributed by atoms with Gasteiger partial charge in [-0.1, -0.05) is 35.7 Å². The van der Waals surface area contributed by atoms with E-state index < -0.39 is 15.9 Å². The van der Waals surface area contributed by atoms with Crippen LogP contribution in [0, 0.1) is 0 Å². The van der Waals surface area contributed by atoms with Crippen LogP contribution in [0.4, 0.5) is 5.69 Å². The fourth-order valence-corrected chi connectivity index (χ4v) is 4.97. The molecule has 1 aliphatic rings. The van der Waals surface area contributed by atoms with Crippen LogP contribution in [0.5, 0.6) is 0 Å². The molecule has 0 spiro atoms. The van der Waals surface area contributed by atoms with Gasteiger partial charge in [0.15, 0.2) is 0 Å². The Balaban J connectivity index is 1.83. The van der Waals surface area contributed by atoms with Crippen molar-refractivity contribution >= 4 is 44.8 Å². The van der Waals surface area contributed by atoms with Gasteiger partial charge in [0, 0.05) is 34.4 Å². The Morgan fingerprint density at radius 1 is 0.962 bits per heavy atom. The van der Waals surface area contributed by atoms with E-state index in [2.05, 4.69) is 5.32 Å². The van der Waals surface area contributed by atoms with E-state index in [0.29, 0.717) is 28.8 Å². The standard InChI is InChI=1S/C18H18Cl2N2O3S/c19-14-10-15(20)12-16(11-14)21-18(23)13-5-4-6-17(9-13)26(24,25)22-7-2-1-3-8-22/h4-6,9-12H,1-3,7-8H2,(H,21,23). The number of rotatable bonds is 4. The number of halogens is 2. The molecule has 26 heavy (non-hydrogen) atoms. The maximum absolute atomic E-state index is 12.8. The quantitative estimate of drug-likeness (QED) is 0.807. The van der Waals surface area contributed by atoms with Crippen molar-refractivity contribution in [3.63, 3.8) is 0 Å². The summed E-state index contributed by atoms with van der Waals surface area (Å²) in [6.07, 6.45) is 2.75. The molecule has 0 bridgehead atoms. The molecule has 1 aliphatic heterocycles. The first-order valence-corrected chi connectivity index (χ1v) is 10.4. The lowest BCUT2D eigenvalue weighted by atomic mass is 10.2. The average molecular weight is 413 g/mol. The molecule has 8 heteroatoms. The van der Waals surface area contributed by atoms with Crippen LogP contribution in [-0.4, -0.2) is 31.7 Å². The topological polar surface area (TPSA) is 66.5 Å². The Kier molecular flexibility index (Phi) is 5.87. The van der Waals surface area contributed by atoms with Crippen molar-refractivity contribution in [2.75, 3.05) is 18.4 Å². The number of nitrogens with zero attached hydrogens (tertiary/aromatic N) is 1. The Morgan fingerprint density at radius 2 is 1.62 bits per heavy atom. The van der Waals surface area contributed by atoms with Crippen LogP contribution >= 0.6 is 23.2 Å². The van der Waals surface area contributed by atoms with Crippen LogP contribution in [0.15, 0.2) is 47.4 Å². The van der Waals surface area contributed by atoms with E-state index in [1.54, 1.807) is 30.3 Å². The number of hydrogen-bond acceptors (Lipinski definition) is 3. The van der Waals surface area contributed by atoms with Crippen molar-refractivity contribution in [1.82, 2.24) is 4.31 Å². The molecule has 0 saturated carbocycles. The van der Waals surface area contributed by atoms with Crippen LogP contribution in [0.1, 0.15) is 29.6 Å². The molecule has 1 amide bonds. The van der Waals surface area contributed by atoms with Crippen LogP contribution in [0.25, 0.3) is 0 Å². The first-order valence-electron chi connectivity index (χ1n) is 8.24. The summed E-state index contributed by atoms with van der Waals surface area (Å²) in [6, 6.07) is 10.7.